The van der Waals surface area contributed by atoms with Crippen molar-refractivity contribution in [3.05, 3.63) is 24.3 Å². The fraction of sp³-hybridized carbons (Fsp3) is 0.500. The van der Waals surface area contributed by atoms with Crippen LogP contribution in [0.4, 0.5) is 0 Å². The summed E-state index contributed by atoms with van der Waals surface area (Å²) in [7, 11) is 0. The molecule has 0 saturated carbocycles. The third kappa shape index (κ3) is 6.13. The Bertz CT molecular complexity index is 345. The summed E-state index contributed by atoms with van der Waals surface area (Å²) < 4.78 is 10.9. The molecule has 1 aromatic carbocycles. The van der Waals surface area contributed by atoms with Crippen LogP contribution in [-0.2, 0) is 4.79 Å². The highest BCUT2D eigenvalue weighted by Crippen LogP contribution is 2.18. The number of hydrogen-bond donors (Lipinski definition) is 1. The van der Waals surface area contributed by atoms with Gasteiger partial charge in [0.2, 0.25) is 0 Å². The van der Waals surface area contributed by atoms with Crippen LogP contribution in [0.1, 0.15) is 32.6 Å². The van der Waals surface area contributed by atoms with E-state index in [0.717, 1.165) is 30.9 Å². The molecule has 0 bridgehead atoms. The van der Waals surface area contributed by atoms with Gasteiger partial charge in [-0.3, -0.25) is 4.79 Å². The second-order valence-corrected chi connectivity index (χ2v) is 4.02. The topological polar surface area (TPSA) is 55.8 Å². The van der Waals surface area contributed by atoms with Crippen LogP contribution >= 0.6 is 0 Å². The summed E-state index contributed by atoms with van der Waals surface area (Å²) in [4.78, 5) is 10.3. The molecule has 18 heavy (non-hydrogen) atoms. The highest BCUT2D eigenvalue weighted by Gasteiger charge is 1.99. The SMILES string of the molecule is CCCCOc1ccc(OCCCC(=O)O)cc1. The summed E-state index contributed by atoms with van der Waals surface area (Å²) in [6.45, 7) is 3.27. The summed E-state index contributed by atoms with van der Waals surface area (Å²) in [6, 6.07) is 7.40. The largest absolute Gasteiger partial charge is 0.494 e. The van der Waals surface area contributed by atoms with Gasteiger partial charge < -0.3 is 14.6 Å². The predicted molar refractivity (Wildman–Crippen MR) is 69.2 cm³/mol. The van der Waals surface area contributed by atoms with Gasteiger partial charge in [0.1, 0.15) is 11.5 Å². The number of aliphatic carboxylic acids is 1. The lowest BCUT2D eigenvalue weighted by Gasteiger charge is -2.08. The predicted octanol–water partition coefficient (Wildman–Crippen LogP) is 3.11. The zero-order chi connectivity index (χ0) is 13.2. The van der Waals surface area contributed by atoms with Crippen molar-refractivity contribution in [2.24, 2.45) is 0 Å². The quantitative estimate of drug-likeness (QED) is 0.686. The fourth-order valence-corrected chi connectivity index (χ4v) is 1.38. The second-order valence-electron chi connectivity index (χ2n) is 4.02. The van der Waals surface area contributed by atoms with E-state index < -0.39 is 5.97 Å². The fourth-order valence-electron chi connectivity index (χ4n) is 1.38. The number of benzene rings is 1. The van der Waals surface area contributed by atoms with E-state index in [-0.39, 0.29) is 6.42 Å². The van der Waals surface area contributed by atoms with E-state index in [1.54, 1.807) is 0 Å². The maximum absolute atomic E-state index is 10.3. The Morgan fingerprint density at radius 1 is 1.06 bits per heavy atom. The monoisotopic (exact) mass is 252 g/mol. The first kappa shape index (κ1) is 14.4. The zero-order valence-corrected chi connectivity index (χ0v) is 10.7. The first-order valence-electron chi connectivity index (χ1n) is 6.30. The number of unbranched alkanes of at least 4 members (excludes halogenated alkanes) is 1. The highest BCUT2D eigenvalue weighted by atomic mass is 16.5. The van der Waals surface area contributed by atoms with Crippen molar-refractivity contribution in [1.82, 2.24) is 0 Å². The van der Waals surface area contributed by atoms with Crippen molar-refractivity contribution in [3.8, 4) is 11.5 Å². The third-order valence-electron chi connectivity index (χ3n) is 2.39. The first-order valence-corrected chi connectivity index (χ1v) is 6.30. The van der Waals surface area contributed by atoms with Crippen LogP contribution in [0.3, 0.4) is 0 Å². The molecule has 0 radical (unpaired) electrons. The summed E-state index contributed by atoms with van der Waals surface area (Å²) in [5.41, 5.74) is 0. The molecule has 0 aromatic heterocycles. The Morgan fingerprint density at radius 2 is 1.56 bits per heavy atom. The van der Waals surface area contributed by atoms with E-state index in [1.807, 2.05) is 24.3 Å². The van der Waals surface area contributed by atoms with Crippen molar-refractivity contribution >= 4 is 5.97 Å². The minimum Gasteiger partial charge on any atom is -0.494 e. The molecule has 0 fully saturated rings. The van der Waals surface area contributed by atoms with E-state index in [2.05, 4.69) is 6.92 Å². The van der Waals surface area contributed by atoms with Gasteiger partial charge in [-0.15, -0.1) is 0 Å². The highest BCUT2D eigenvalue weighted by molar-refractivity contribution is 5.66. The van der Waals surface area contributed by atoms with Gasteiger partial charge in [0.25, 0.3) is 0 Å². The molecular weight excluding hydrogens is 232 g/mol. The molecule has 0 spiro atoms. The molecular formula is C14H20O4. The van der Waals surface area contributed by atoms with Crippen molar-refractivity contribution < 1.29 is 19.4 Å². The maximum atomic E-state index is 10.3. The van der Waals surface area contributed by atoms with Gasteiger partial charge >= 0.3 is 5.97 Å². The van der Waals surface area contributed by atoms with Crippen LogP contribution in [0, 0.1) is 0 Å². The van der Waals surface area contributed by atoms with Crippen molar-refractivity contribution in [2.75, 3.05) is 13.2 Å². The Labute approximate surface area is 108 Å². The third-order valence-corrected chi connectivity index (χ3v) is 2.39. The molecule has 0 aliphatic carbocycles. The number of rotatable bonds is 9. The standard InChI is InChI=1S/C14H20O4/c1-2-3-10-17-12-6-8-13(9-7-12)18-11-4-5-14(15)16/h6-9H,2-5,10-11H2,1H3,(H,15,16). The molecule has 1 N–H and O–H groups in total. The molecule has 0 amide bonds. The molecule has 4 heteroatoms. The molecule has 0 atom stereocenters. The molecule has 1 rings (SSSR count). The molecule has 1 aromatic rings. The van der Waals surface area contributed by atoms with Gasteiger partial charge in [0, 0.05) is 6.42 Å². The van der Waals surface area contributed by atoms with Gasteiger partial charge in [-0.25, -0.2) is 0 Å². The minimum absolute atomic E-state index is 0.137. The Balaban J connectivity index is 2.25. The van der Waals surface area contributed by atoms with Crippen LogP contribution in [0.5, 0.6) is 11.5 Å². The Hall–Kier alpha value is -1.71. The van der Waals surface area contributed by atoms with E-state index in [0.29, 0.717) is 13.0 Å². The number of ether oxygens (including phenoxy) is 2. The van der Waals surface area contributed by atoms with Gasteiger partial charge in [-0.1, -0.05) is 13.3 Å². The molecule has 0 unspecified atom stereocenters. The second kappa shape index (κ2) is 8.39. The molecule has 0 aliphatic heterocycles. The Morgan fingerprint density at radius 3 is 2.00 bits per heavy atom. The maximum Gasteiger partial charge on any atom is 0.303 e. The van der Waals surface area contributed by atoms with Crippen LogP contribution in [0.25, 0.3) is 0 Å². The van der Waals surface area contributed by atoms with Crippen molar-refractivity contribution in [1.29, 1.82) is 0 Å². The average molecular weight is 252 g/mol. The van der Waals surface area contributed by atoms with E-state index in [1.165, 1.54) is 0 Å². The summed E-state index contributed by atoms with van der Waals surface area (Å²) in [5, 5.41) is 8.48. The molecule has 0 heterocycles. The van der Waals surface area contributed by atoms with Gasteiger partial charge in [0.15, 0.2) is 0 Å². The number of carboxylic acids is 1. The van der Waals surface area contributed by atoms with E-state index >= 15 is 0 Å². The van der Waals surface area contributed by atoms with Gasteiger partial charge in [-0.2, -0.15) is 0 Å². The first-order chi connectivity index (χ1) is 8.72. The summed E-state index contributed by atoms with van der Waals surface area (Å²) >= 11 is 0. The average Bonchev–Trinajstić information content (AvgIpc) is 2.36. The summed E-state index contributed by atoms with van der Waals surface area (Å²) in [6.07, 6.45) is 2.82. The Kier molecular flexibility index (Phi) is 6.69. The normalized spacial score (nSPS) is 10.1. The van der Waals surface area contributed by atoms with Crippen molar-refractivity contribution in [3.63, 3.8) is 0 Å². The van der Waals surface area contributed by atoms with E-state index in [4.69, 9.17) is 14.6 Å². The number of hydrogen-bond acceptors (Lipinski definition) is 3. The van der Waals surface area contributed by atoms with Gasteiger partial charge in [-0.05, 0) is 37.1 Å². The minimum atomic E-state index is -0.793. The zero-order valence-electron chi connectivity index (χ0n) is 10.7. The van der Waals surface area contributed by atoms with Crippen LogP contribution in [0.2, 0.25) is 0 Å². The smallest absolute Gasteiger partial charge is 0.303 e. The number of carboxylic acid groups (broad SMARTS) is 1. The lowest BCUT2D eigenvalue weighted by atomic mass is 10.3. The van der Waals surface area contributed by atoms with Crippen molar-refractivity contribution in [2.45, 2.75) is 32.6 Å². The molecule has 100 valence electrons. The molecule has 4 nitrogen and oxygen atoms in total. The lowest BCUT2D eigenvalue weighted by Crippen LogP contribution is -2.02. The summed E-state index contributed by atoms with van der Waals surface area (Å²) in [5.74, 6) is 0.780. The molecule has 0 aliphatic rings. The van der Waals surface area contributed by atoms with Crippen LogP contribution in [-0.4, -0.2) is 24.3 Å². The number of carbonyl (C=O) groups is 1. The lowest BCUT2D eigenvalue weighted by molar-refractivity contribution is -0.137. The molecule has 0 saturated heterocycles. The van der Waals surface area contributed by atoms with Crippen LogP contribution < -0.4 is 9.47 Å². The van der Waals surface area contributed by atoms with E-state index in [9.17, 15) is 4.79 Å². The van der Waals surface area contributed by atoms with Crippen LogP contribution in [0.15, 0.2) is 24.3 Å². The van der Waals surface area contributed by atoms with Gasteiger partial charge in [0.05, 0.1) is 13.2 Å².